The van der Waals surface area contributed by atoms with Crippen molar-refractivity contribution in [2.45, 2.75) is 43.6 Å². The third kappa shape index (κ3) is 3.89. The van der Waals surface area contributed by atoms with E-state index in [-0.39, 0.29) is 18.2 Å². The van der Waals surface area contributed by atoms with Crippen LogP contribution in [0.15, 0.2) is 69.4 Å². The normalized spacial score (nSPS) is 34.1. The van der Waals surface area contributed by atoms with Gasteiger partial charge in [0.05, 0.1) is 42.8 Å². The van der Waals surface area contributed by atoms with Crippen LogP contribution < -0.4 is 5.32 Å². The highest BCUT2D eigenvalue weighted by atomic mass is 16.6. The van der Waals surface area contributed by atoms with E-state index >= 15 is 0 Å². The van der Waals surface area contributed by atoms with Crippen LogP contribution in [0.4, 0.5) is 0 Å². The molecule has 4 atom stereocenters. The van der Waals surface area contributed by atoms with Crippen LogP contribution in [-0.4, -0.2) is 56.0 Å². The molecule has 1 fully saturated rings. The van der Waals surface area contributed by atoms with Crippen LogP contribution in [0.3, 0.4) is 0 Å². The van der Waals surface area contributed by atoms with E-state index in [1.807, 2.05) is 12.3 Å². The molecule has 5 aliphatic rings. The maximum atomic E-state index is 5.90. The Hall–Kier alpha value is -2.24. The van der Waals surface area contributed by atoms with Gasteiger partial charge in [-0.05, 0) is 42.6 Å². The Morgan fingerprint density at radius 3 is 2.93 bits per heavy atom. The highest BCUT2D eigenvalue weighted by Gasteiger charge is 2.28. The summed E-state index contributed by atoms with van der Waals surface area (Å²) in [6.07, 6.45) is 20.6. The first-order valence-corrected chi connectivity index (χ1v) is 9.90. The summed E-state index contributed by atoms with van der Waals surface area (Å²) in [5.74, 6) is 0. The molecule has 0 aromatic carbocycles. The highest BCUT2D eigenvalue weighted by molar-refractivity contribution is 6.09. The topological polar surface area (TPSA) is 58.5 Å². The van der Waals surface area contributed by atoms with Crippen molar-refractivity contribution in [2.24, 2.45) is 9.98 Å². The summed E-state index contributed by atoms with van der Waals surface area (Å²) >= 11 is 0. The lowest BCUT2D eigenvalue weighted by atomic mass is 9.88. The Kier molecular flexibility index (Phi) is 4.64. The number of rotatable bonds is 6. The molecule has 1 saturated heterocycles. The second-order valence-electron chi connectivity index (χ2n) is 7.54. The van der Waals surface area contributed by atoms with Gasteiger partial charge in [-0.2, -0.15) is 0 Å². The minimum absolute atomic E-state index is 0.147. The fourth-order valence-electron chi connectivity index (χ4n) is 3.89. The maximum absolute atomic E-state index is 5.90. The molecule has 1 aliphatic carbocycles. The zero-order chi connectivity index (χ0) is 18.1. The molecule has 5 heteroatoms. The fraction of sp³-hybridized carbons (Fsp3) is 0.455. The van der Waals surface area contributed by atoms with Gasteiger partial charge in [-0.15, -0.1) is 0 Å². The van der Waals surface area contributed by atoms with Crippen LogP contribution >= 0.6 is 0 Å². The minimum atomic E-state index is 0.147. The molecule has 0 amide bonds. The Balaban J connectivity index is 1.33. The van der Waals surface area contributed by atoms with Gasteiger partial charge in [0.2, 0.25) is 0 Å². The lowest BCUT2D eigenvalue weighted by molar-refractivity contribution is 0.0731. The van der Waals surface area contributed by atoms with Crippen LogP contribution in [-0.2, 0) is 9.47 Å². The summed E-state index contributed by atoms with van der Waals surface area (Å²) in [6, 6.07) is 0.307. The number of dihydropyridines is 1. The van der Waals surface area contributed by atoms with Crippen molar-refractivity contribution in [3.05, 3.63) is 59.4 Å². The van der Waals surface area contributed by atoms with Crippen LogP contribution in [0, 0.1) is 0 Å². The number of hydrogen-bond donors (Lipinski definition) is 1. The summed E-state index contributed by atoms with van der Waals surface area (Å²) in [5.41, 5.74) is 4.86. The van der Waals surface area contributed by atoms with E-state index < -0.39 is 0 Å². The summed E-state index contributed by atoms with van der Waals surface area (Å²) in [6.45, 7) is 2.54. The van der Waals surface area contributed by atoms with Gasteiger partial charge in [-0.25, -0.2) is 0 Å². The van der Waals surface area contributed by atoms with E-state index in [1.54, 1.807) is 0 Å². The number of aliphatic imine (C=N–C) groups is 2. The number of epoxide rings is 1. The van der Waals surface area contributed by atoms with Gasteiger partial charge in [0.25, 0.3) is 0 Å². The first-order valence-electron chi connectivity index (χ1n) is 9.90. The molecule has 1 N–H and O–H groups in total. The Morgan fingerprint density at radius 2 is 2.22 bits per heavy atom. The van der Waals surface area contributed by atoms with Gasteiger partial charge in [0, 0.05) is 12.8 Å². The predicted octanol–water partition coefficient (Wildman–Crippen LogP) is 2.68. The molecule has 140 valence electrons. The van der Waals surface area contributed by atoms with Gasteiger partial charge in [0.1, 0.15) is 6.10 Å². The largest absolute Gasteiger partial charge is 0.383 e. The van der Waals surface area contributed by atoms with E-state index in [9.17, 15) is 0 Å². The minimum Gasteiger partial charge on any atom is -0.383 e. The van der Waals surface area contributed by atoms with E-state index in [2.05, 4.69) is 46.8 Å². The van der Waals surface area contributed by atoms with Crippen molar-refractivity contribution in [1.29, 1.82) is 0 Å². The average Bonchev–Trinajstić information content (AvgIpc) is 3.15. The molecule has 27 heavy (non-hydrogen) atoms. The standard InChI is InChI=1S/C22H25N3O2/c1-3-19(23-9-1)21-11-16(12-22(25-21)20-4-2-10-24-20)15-5-7-17(8-6-15)26-13-18-14-27-18/h1,3-7,9,12,17-19,21,24H,2,8,10-11,13-14H2. The van der Waals surface area contributed by atoms with Crippen molar-refractivity contribution >= 4 is 11.9 Å². The molecule has 0 radical (unpaired) electrons. The molecule has 5 nitrogen and oxygen atoms in total. The van der Waals surface area contributed by atoms with Crippen LogP contribution in [0.2, 0.25) is 0 Å². The average molecular weight is 363 g/mol. The van der Waals surface area contributed by atoms with Gasteiger partial charge in [0.15, 0.2) is 0 Å². The second-order valence-corrected chi connectivity index (χ2v) is 7.54. The molecule has 0 spiro atoms. The molecular formula is C22H25N3O2. The number of allylic oxidation sites excluding steroid dienone is 4. The predicted molar refractivity (Wildman–Crippen MR) is 107 cm³/mol. The Labute approximate surface area is 159 Å². The van der Waals surface area contributed by atoms with E-state index in [0.717, 1.165) is 43.8 Å². The molecule has 0 bridgehead atoms. The van der Waals surface area contributed by atoms with E-state index in [1.165, 1.54) is 11.1 Å². The fourth-order valence-corrected chi connectivity index (χ4v) is 3.89. The van der Waals surface area contributed by atoms with Gasteiger partial charge in [-0.3, -0.25) is 9.98 Å². The van der Waals surface area contributed by atoms with Crippen LogP contribution in [0.1, 0.15) is 19.3 Å². The van der Waals surface area contributed by atoms with Crippen molar-refractivity contribution < 1.29 is 9.47 Å². The molecule has 0 saturated carbocycles. The lowest BCUT2D eigenvalue weighted by Gasteiger charge is -2.26. The smallest absolute Gasteiger partial charge is 0.104 e. The number of hydrogen-bond acceptors (Lipinski definition) is 5. The molecular weight excluding hydrogens is 338 g/mol. The first-order chi connectivity index (χ1) is 13.3. The summed E-state index contributed by atoms with van der Waals surface area (Å²) in [5, 5.41) is 3.46. The lowest BCUT2D eigenvalue weighted by Crippen LogP contribution is -2.28. The number of nitrogens with zero attached hydrogens (tertiary/aromatic N) is 2. The quantitative estimate of drug-likeness (QED) is 0.738. The summed E-state index contributed by atoms with van der Waals surface area (Å²) < 4.78 is 11.1. The van der Waals surface area contributed by atoms with Crippen LogP contribution in [0.25, 0.3) is 0 Å². The van der Waals surface area contributed by atoms with Crippen molar-refractivity contribution in [3.63, 3.8) is 0 Å². The van der Waals surface area contributed by atoms with Crippen LogP contribution in [0.5, 0.6) is 0 Å². The number of nitrogens with one attached hydrogen (secondary N) is 1. The van der Waals surface area contributed by atoms with Gasteiger partial charge < -0.3 is 14.8 Å². The monoisotopic (exact) mass is 363 g/mol. The highest BCUT2D eigenvalue weighted by Crippen LogP contribution is 2.31. The second kappa shape index (κ2) is 7.41. The molecule has 5 rings (SSSR count). The third-order valence-corrected chi connectivity index (χ3v) is 5.51. The summed E-state index contributed by atoms with van der Waals surface area (Å²) in [7, 11) is 0. The van der Waals surface area contributed by atoms with E-state index in [4.69, 9.17) is 14.5 Å². The van der Waals surface area contributed by atoms with E-state index in [0.29, 0.717) is 12.7 Å². The van der Waals surface area contributed by atoms with Crippen molar-refractivity contribution in [1.82, 2.24) is 5.32 Å². The van der Waals surface area contributed by atoms with Gasteiger partial charge in [-0.1, -0.05) is 30.4 Å². The summed E-state index contributed by atoms with van der Waals surface area (Å²) in [4.78, 5) is 9.60. The molecule has 0 aromatic rings. The molecule has 4 heterocycles. The zero-order valence-electron chi connectivity index (χ0n) is 15.4. The first kappa shape index (κ1) is 16.9. The SMILES string of the molecule is C1=CC(C2CC(C3=CCC(OCC4CO4)C=C3)=CC(C3=CCCN3)=N2)N=C1. The Morgan fingerprint density at radius 1 is 1.26 bits per heavy atom. The molecule has 4 unspecified atom stereocenters. The zero-order valence-corrected chi connectivity index (χ0v) is 15.4. The third-order valence-electron chi connectivity index (χ3n) is 5.51. The Bertz CT molecular complexity index is 799. The number of ether oxygens (including phenoxy) is 2. The van der Waals surface area contributed by atoms with Crippen molar-refractivity contribution in [2.75, 3.05) is 19.8 Å². The van der Waals surface area contributed by atoms with Crippen molar-refractivity contribution in [3.8, 4) is 0 Å². The van der Waals surface area contributed by atoms with Gasteiger partial charge >= 0.3 is 0 Å². The molecule has 0 aromatic heterocycles. The molecule has 4 aliphatic heterocycles. The maximum Gasteiger partial charge on any atom is 0.104 e.